The van der Waals surface area contributed by atoms with Crippen LogP contribution in [0.15, 0.2) is 42.5 Å². The van der Waals surface area contributed by atoms with Crippen LogP contribution in [-0.4, -0.2) is 78.0 Å². The van der Waals surface area contributed by atoms with E-state index in [9.17, 15) is 13.2 Å². The molecule has 0 spiro atoms. The Morgan fingerprint density at radius 2 is 1.71 bits per heavy atom. The monoisotopic (exact) mass is 534 g/mol. The van der Waals surface area contributed by atoms with Crippen LogP contribution < -0.4 is 0 Å². The molecule has 0 atom stereocenters. The molecule has 202 valence electrons. The number of benzene rings is 2. The molecule has 0 bridgehead atoms. The summed E-state index contributed by atoms with van der Waals surface area (Å²) in [6, 6.07) is 14.5. The molecule has 1 saturated heterocycles. The van der Waals surface area contributed by atoms with Crippen molar-refractivity contribution in [1.82, 2.24) is 18.7 Å². The standard InChI is InChI=1S/C30H38N4O3S/c1-3-18-38(36,37)34-28-9-8-23(30(35)33-16-10-22-6-4-5-7-24(22)20-33)19-26(28)27-21-32(17-13-29(27)34)25-11-14-31(2)15-12-25/h4-9,19,25H,3,10-18,20-21H2,1-2H3. The van der Waals surface area contributed by atoms with Gasteiger partial charge in [0.05, 0.1) is 11.3 Å². The van der Waals surface area contributed by atoms with Crippen molar-refractivity contribution in [2.45, 2.75) is 58.2 Å². The van der Waals surface area contributed by atoms with Crippen molar-refractivity contribution >= 4 is 26.8 Å². The molecule has 3 aliphatic heterocycles. The van der Waals surface area contributed by atoms with Crippen LogP contribution in [0, 0.1) is 0 Å². The maximum atomic E-state index is 13.7. The minimum absolute atomic E-state index is 0.0160. The highest BCUT2D eigenvalue weighted by Crippen LogP contribution is 2.35. The SMILES string of the molecule is CCCS(=O)(=O)n1c2c(c3cc(C(=O)N4CCc5ccccc5C4)ccc31)CN(C1CCN(C)CC1)CC2. The number of aromatic nitrogens is 1. The van der Waals surface area contributed by atoms with Crippen LogP contribution in [0.2, 0.25) is 0 Å². The van der Waals surface area contributed by atoms with Gasteiger partial charge in [0.2, 0.25) is 10.0 Å². The molecule has 1 amide bonds. The molecule has 3 aromatic rings. The van der Waals surface area contributed by atoms with Crippen molar-refractivity contribution in [3.05, 3.63) is 70.4 Å². The number of nitrogens with zero attached hydrogens (tertiary/aromatic N) is 4. The van der Waals surface area contributed by atoms with Crippen LogP contribution in [0.1, 0.15) is 58.9 Å². The number of carbonyl (C=O) groups is 1. The lowest BCUT2D eigenvalue weighted by atomic mass is 9.97. The van der Waals surface area contributed by atoms with Gasteiger partial charge in [0, 0.05) is 55.3 Å². The van der Waals surface area contributed by atoms with E-state index in [2.05, 4.69) is 35.0 Å². The first-order valence-electron chi connectivity index (χ1n) is 14.0. The second-order valence-electron chi connectivity index (χ2n) is 11.2. The van der Waals surface area contributed by atoms with Crippen molar-refractivity contribution < 1.29 is 13.2 Å². The van der Waals surface area contributed by atoms with E-state index in [-0.39, 0.29) is 11.7 Å². The molecule has 8 heteroatoms. The third kappa shape index (κ3) is 4.56. The van der Waals surface area contributed by atoms with Crippen LogP contribution in [0.5, 0.6) is 0 Å². The van der Waals surface area contributed by atoms with E-state index >= 15 is 0 Å². The molecule has 1 fully saturated rings. The summed E-state index contributed by atoms with van der Waals surface area (Å²) < 4.78 is 28.5. The van der Waals surface area contributed by atoms with Gasteiger partial charge in [0.15, 0.2) is 0 Å². The summed E-state index contributed by atoms with van der Waals surface area (Å²) in [6.07, 6.45) is 4.42. The van der Waals surface area contributed by atoms with Gasteiger partial charge < -0.3 is 9.80 Å². The van der Waals surface area contributed by atoms with E-state index in [1.807, 2.05) is 36.1 Å². The molecule has 7 nitrogen and oxygen atoms in total. The molecule has 3 aliphatic rings. The molecule has 1 aromatic heterocycles. The first-order chi connectivity index (χ1) is 18.4. The van der Waals surface area contributed by atoms with Crippen LogP contribution in [0.25, 0.3) is 10.9 Å². The number of carbonyl (C=O) groups excluding carboxylic acids is 1. The van der Waals surface area contributed by atoms with Gasteiger partial charge in [-0.3, -0.25) is 9.69 Å². The Bertz CT molecular complexity index is 1470. The lowest BCUT2D eigenvalue weighted by Crippen LogP contribution is -2.45. The largest absolute Gasteiger partial charge is 0.334 e. The highest BCUT2D eigenvalue weighted by molar-refractivity contribution is 7.90. The van der Waals surface area contributed by atoms with Gasteiger partial charge in [-0.05, 0) is 80.7 Å². The smallest absolute Gasteiger partial charge is 0.254 e. The maximum Gasteiger partial charge on any atom is 0.254 e. The molecule has 4 heterocycles. The second kappa shape index (κ2) is 10.1. The second-order valence-corrected chi connectivity index (χ2v) is 13.2. The molecule has 0 radical (unpaired) electrons. The zero-order valence-corrected chi connectivity index (χ0v) is 23.3. The number of fused-ring (bicyclic) bond motifs is 4. The Labute approximate surface area is 226 Å². The lowest BCUT2D eigenvalue weighted by molar-refractivity contribution is 0.0735. The normalized spacial score (nSPS) is 19.5. The van der Waals surface area contributed by atoms with Crippen LogP contribution in [0.3, 0.4) is 0 Å². The van der Waals surface area contributed by atoms with E-state index in [1.165, 1.54) is 11.1 Å². The Morgan fingerprint density at radius 1 is 0.947 bits per heavy atom. The average molecular weight is 535 g/mol. The van der Waals surface area contributed by atoms with Gasteiger partial charge in [0.25, 0.3) is 5.91 Å². The van der Waals surface area contributed by atoms with Gasteiger partial charge in [0.1, 0.15) is 0 Å². The van der Waals surface area contributed by atoms with Gasteiger partial charge in [-0.25, -0.2) is 12.4 Å². The van der Waals surface area contributed by atoms with Crippen LogP contribution >= 0.6 is 0 Å². The summed E-state index contributed by atoms with van der Waals surface area (Å²) in [5.74, 6) is 0.137. The zero-order valence-electron chi connectivity index (χ0n) is 22.5. The van der Waals surface area contributed by atoms with Gasteiger partial charge in [-0.1, -0.05) is 31.2 Å². The Kier molecular flexibility index (Phi) is 6.82. The number of piperidine rings is 1. The Balaban J connectivity index is 1.37. The highest BCUT2D eigenvalue weighted by Gasteiger charge is 2.33. The summed E-state index contributed by atoms with van der Waals surface area (Å²) in [7, 11) is -1.30. The number of hydrogen-bond donors (Lipinski definition) is 0. The number of hydrogen-bond acceptors (Lipinski definition) is 5. The van der Waals surface area contributed by atoms with Crippen molar-refractivity contribution in [1.29, 1.82) is 0 Å². The van der Waals surface area contributed by atoms with Crippen molar-refractivity contribution in [3.63, 3.8) is 0 Å². The summed E-state index contributed by atoms with van der Waals surface area (Å²) in [5, 5.41) is 0.917. The third-order valence-corrected chi connectivity index (χ3v) is 10.6. The molecule has 2 aromatic carbocycles. The lowest BCUT2D eigenvalue weighted by Gasteiger charge is -2.39. The number of likely N-dealkylation sites (tertiary alicyclic amines) is 1. The molecule has 0 N–H and O–H groups in total. The Morgan fingerprint density at radius 3 is 2.47 bits per heavy atom. The minimum Gasteiger partial charge on any atom is -0.334 e. The number of amides is 1. The highest BCUT2D eigenvalue weighted by atomic mass is 32.2. The fourth-order valence-electron chi connectivity index (χ4n) is 6.66. The number of rotatable bonds is 5. The van der Waals surface area contributed by atoms with E-state index in [0.29, 0.717) is 43.1 Å². The molecule has 38 heavy (non-hydrogen) atoms. The first kappa shape index (κ1) is 25.6. The van der Waals surface area contributed by atoms with Gasteiger partial charge in [-0.15, -0.1) is 0 Å². The summed E-state index contributed by atoms with van der Waals surface area (Å²) in [6.45, 7) is 7.02. The summed E-state index contributed by atoms with van der Waals surface area (Å²) >= 11 is 0. The van der Waals surface area contributed by atoms with E-state index < -0.39 is 10.0 Å². The fraction of sp³-hybridized carbons (Fsp3) is 0.500. The zero-order chi connectivity index (χ0) is 26.4. The quantitative estimate of drug-likeness (QED) is 0.497. The topological polar surface area (TPSA) is 65.9 Å². The fourth-order valence-corrected chi connectivity index (χ4v) is 8.36. The molecular formula is C30H38N4O3S. The Hall–Kier alpha value is -2.68. The van der Waals surface area contributed by atoms with Crippen LogP contribution in [0.4, 0.5) is 0 Å². The summed E-state index contributed by atoms with van der Waals surface area (Å²) in [4.78, 5) is 20.5. The molecule has 6 rings (SSSR count). The van der Waals surface area contributed by atoms with Gasteiger partial charge in [-0.2, -0.15) is 0 Å². The van der Waals surface area contributed by atoms with Crippen LogP contribution in [-0.2, 0) is 36.0 Å². The average Bonchev–Trinajstić information content (AvgIpc) is 3.26. The van der Waals surface area contributed by atoms with Crippen molar-refractivity contribution in [2.24, 2.45) is 0 Å². The summed E-state index contributed by atoms with van der Waals surface area (Å²) in [5.41, 5.74) is 5.87. The predicted molar refractivity (Wildman–Crippen MR) is 151 cm³/mol. The predicted octanol–water partition coefficient (Wildman–Crippen LogP) is 3.88. The minimum atomic E-state index is -3.48. The van der Waals surface area contributed by atoms with E-state index in [1.54, 1.807) is 3.97 Å². The molecule has 0 saturated carbocycles. The van der Waals surface area contributed by atoms with Gasteiger partial charge >= 0.3 is 0 Å². The third-order valence-electron chi connectivity index (χ3n) is 8.74. The van der Waals surface area contributed by atoms with E-state index in [4.69, 9.17) is 0 Å². The molecular weight excluding hydrogens is 496 g/mol. The van der Waals surface area contributed by atoms with Crippen molar-refractivity contribution in [2.75, 3.05) is 39.0 Å². The maximum absolute atomic E-state index is 13.7. The molecule has 0 unspecified atom stereocenters. The van der Waals surface area contributed by atoms with E-state index in [0.717, 1.165) is 62.1 Å². The first-order valence-corrected chi connectivity index (χ1v) is 15.6. The van der Waals surface area contributed by atoms with Crippen molar-refractivity contribution in [3.8, 4) is 0 Å². The molecule has 0 aliphatic carbocycles.